The number of hydrogen-bond donors (Lipinski definition) is 1. The van der Waals surface area contributed by atoms with E-state index in [-0.39, 0.29) is 6.61 Å². The Balaban J connectivity index is 1.38. The largest absolute Gasteiger partial charge is 0.491 e. The monoisotopic (exact) mass is 298 g/mol. The van der Waals surface area contributed by atoms with Crippen molar-refractivity contribution in [1.29, 1.82) is 5.26 Å². The van der Waals surface area contributed by atoms with E-state index >= 15 is 0 Å². The lowest BCUT2D eigenvalue weighted by Crippen LogP contribution is -2.51. The third-order valence-corrected chi connectivity index (χ3v) is 3.73. The van der Waals surface area contributed by atoms with Crippen LogP contribution in [-0.4, -0.2) is 52.1 Å². The van der Waals surface area contributed by atoms with Gasteiger partial charge >= 0.3 is 0 Å². The van der Waals surface area contributed by atoms with Crippen LogP contribution in [0, 0.1) is 11.3 Å². The van der Waals surface area contributed by atoms with Gasteiger partial charge < -0.3 is 9.84 Å². The van der Waals surface area contributed by atoms with E-state index < -0.39 is 6.10 Å². The van der Waals surface area contributed by atoms with Gasteiger partial charge in [0.2, 0.25) is 0 Å². The molecule has 1 aromatic heterocycles. The topological polar surface area (TPSA) is 74.3 Å². The fourth-order valence-corrected chi connectivity index (χ4v) is 2.52. The summed E-state index contributed by atoms with van der Waals surface area (Å²) in [6, 6.07) is 11.3. The van der Waals surface area contributed by atoms with Crippen molar-refractivity contribution in [2.75, 3.05) is 26.2 Å². The van der Waals surface area contributed by atoms with Crippen LogP contribution in [-0.2, 0) is 0 Å². The summed E-state index contributed by atoms with van der Waals surface area (Å²) in [6.07, 6.45) is 3.21. The maximum atomic E-state index is 10.0. The lowest BCUT2D eigenvalue weighted by molar-refractivity contribution is 0.0205. The molecule has 0 radical (unpaired) electrons. The van der Waals surface area contributed by atoms with Crippen molar-refractivity contribution in [2.45, 2.75) is 12.1 Å². The summed E-state index contributed by atoms with van der Waals surface area (Å²) in [5.41, 5.74) is 0.596. The van der Waals surface area contributed by atoms with E-state index in [1.807, 2.05) is 16.9 Å². The van der Waals surface area contributed by atoms with Gasteiger partial charge in [0, 0.05) is 32.0 Å². The van der Waals surface area contributed by atoms with Crippen molar-refractivity contribution < 1.29 is 9.84 Å². The standard InChI is InChI=1S/C16H18N4O2/c17-8-13-2-4-16(5-3-13)22-12-15(21)11-19-9-14(10-19)20-7-1-6-18-20/h1-7,14-15,21H,9-12H2. The van der Waals surface area contributed by atoms with Crippen molar-refractivity contribution >= 4 is 0 Å². The second kappa shape index (κ2) is 6.60. The Hall–Kier alpha value is -2.36. The van der Waals surface area contributed by atoms with Gasteiger partial charge in [-0.05, 0) is 30.3 Å². The zero-order valence-corrected chi connectivity index (χ0v) is 12.2. The molecule has 22 heavy (non-hydrogen) atoms. The van der Waals surface area contributed by atoms with Gasteiger partial charge in [-0.15, -0.1) is 0 Å². The molecule has 1 atom stereocenters. The molecule has 1 aliphatic heterocycles. The predicted octanol–water partition coefficient (Wildman–Crippen LogP) is 1.05. The fraction of sp³-hybridized carbons (Fsp3) is 0.375. The molecule has 0 spiro atoms. The SMILES string of the molecule is N#Cc1ccc(OCC(O)CN2CC(n3cccn3)C2)cc1. The van der Waals surface area contributed by atoms with E-state index in [4.69, 9.17) is 10.00 Å². The number of likely N-dealkylation sites (tertiary alicyclic amines) is 1. The minimum Gasteiger partial charge on any atom is -0.491 e. The lowest BCUT2D eigenvalue weighted by atomic mass is 10.1. The molecule has 6 heteroatoms. The molecule has 0 saturated carbocycles. The van der Waals surface area contributed by atoms with E-state index in [2.05, 4.69) is 16.1 Å². The summed E-state index contributed by atoms with van der Waals surface area (Å²) in [5, 5.41) is 23.0. The molecule has 1 fully saturated rings. The van der Waals surface area contributed by atoms with Crippen molar-refractivity contribution in [1.82, 2.24) is 14.7 Å². The van der Waals surface area contributed by atoms with Crippen LogP contribution in [0.2, 0.25) is 0 Å². The van der Waals surface area contributed by atoms with Gasteiger partial charge in [0.15, 0.2) is 0 Å². The van der Waals surface area contributed by atoms with E-state index in [0.717, 1.165) is 13.1 Å². The molecule has 114 valence electrons. The summed E-state index contributed by atoms with van der Waals surface area (Å²) in [5.74, 6) is 0.663. The van der Waals surface area contributed by atoms with Gasteiger partial charge in [0.05, 0.1) is 17.7 Å². The molecule has 1 unspecified atom stereocenters. The van der Waals surface area contributed by atoms with Crippen molar-refractivity contribution in [2.24, 2.45) is 0 Å². The van der Waals surface area contributed by atoms with Crippen LogP contribution < -0.4 is 4.74 Å². The Kier molecular flexibility index (Phi) is 4.37. The molecular weight excluding hydrogens is 280 g/mol. The Bertz CT molecular complexity index is 627. The molecule has 2 aromatic rings. The highest BCUT2D eigenvalue weighted by molar-refractivity contribution is 5.34. The average Bonchev–Trinajstić information content (AvgIpc) is 3.02. The Morgan fingerprint density at radius 3 is 2.77 bits per heavy atom. The summed E-state index contributed by atoms with van der Waals surface area (Å²) in [7, 11) is 0. The Labute approximate surface area is 129 Å². The molecular formula is C16H18N4O2. The molecule has 0 amide bonds. The quantitative estimate of drug-likeness (QED) is 0.863. The van der Waals surface area contributed by atoms with Gasteiger partial charge in [0.25, 0.3) is 0 Å². The second-order valence-corrected chi connectivity index (χ2v) is 5.46. The second-order valence-electron chi connectivity index (χ2n) is 5.46. The van der Waals surface area contributed by atoms with Crippen LogP contribution in [0.1, 0.15) is 11.6 Å². The third-order valence-electron chi connectivity index (χ3n) is 3.73. The summed E-state index contributed by atoms with van der Waals surface area (Å²) in [4.78, 5) is 2.18. The molecule has 6 nitrogen and oxygen atoms in total. The highest BCUT2D eigenvalue weighted by Crippen LogP contribution is 2.20. The number of nitrogens with zero attached hydrogens (tertiary/aromatic N) is 4. The molecule has 2 heterocycles. The summed E-state index contributed by atoms with van der Waals surface area (Å²) in [6.45, 7) is 2.63. The maximum Gasteiger partial charge on any atom is 0.119 e. The number of benzene rings is 1. The molecule has 1 saturated heterocycles. The zero-order valence-electron chi connectivity index (χ0n) is 12.2. The first-order chi connectivity index (χ1) is 10.7. The minimum absolute atomic E-state index is 0.245. The normalized spacial score (nSPS) is 16.7. The van der Waals surface area contributed by atoms with E-state index in [0.29, 0.717) is 23.9 Å². The predicted molar refractivity (Wildman–Crippen MR) is 80.4 cm³/mol. The number of hydrogen-bond acceptors (Lipinski definition) is 5. The van der Waals surface area contributed by atoms with Gasteiger partial charge in [-0.3, -0.25) is 9.58 Å². The Morgan fingerprint density at radius 2 is 2.14 bits per heavy atom. The van der Waals surface area contributed by atoms with Crippen LogP contribution in [0.25, 0.3) is 0 Å². The van der Waals surface area contributed by atoms with Gasteiger partial charge in [-0.25, -0.2) is 0 Å². The van der Waals surface area contributed by atoms with Gasteiger partial charge in [0.1, 0.15) is 18.5 Å². The summed E-state index contributed by atoms with van der Waals surface area (Å²) < 4.78 is 7.49. The number of aliphatic hydroxyl groups excluding tert-OH is 1. The molecule has 1 aromatic carbocycles. The molecule has 0 aliphatic carbocycles. The Morgan fingerprint density at radius 1 is 1.36 bits per heavy atom. The average molecular weight is 298 g/mol. The van der Waals surface area contributed by atoms with E-state index in [1.54, 1.807) is 30.5 Å². The summed E-state index contributed by atoms with van der Waals surface area (Å²) >= 11 is 0. The van der Waals surface area contributed by atoms with E-state index in [1.165, 1.54) is 0 Å². The number of β-amino-alcohol motifs (C(OH)–C–C–N with tert-alkyl or cyclic N) is 1. The fourth-order valence-electron chi connectivity index (χ4n) is 2.52. The number of aliphatic hydroxyl groups is 1. The zero-order chi connectivity index (χ0) is 15.4. The van der Waals surface area contributed by atoms with Crippen LogP contribution in [0.15, 0.2) is 42.7 Å². The molecule has 1 aliphatic rings. The first-order valence-corrected chi connectivity index (χ1v) is 7.27. The minimum atomic E-state index is -0.533. The molecule has 1 N–H and O–H groups in total. The number of nitriles is 1. The number of ether oxygens (including phenoxy) is 1. The smallest absolute Gasteiger partial charge is 0.119 e. The number of aromatic nitrogens is 2. The van der Waals surface area contributed by atoms with Gasteiger partial charge in [-0.2, -0.15) is 10.4 Å². The first-order valence-electron chi connectivity index (χ1n) is 7.27. The molecule has 0 bridgehead atoms. The highest BCUT2D eigenvalue weighted by atomic mass is 16.5. The third kappa shape index (κ3) is 3.45. The van der Waals surface area contributed by atoms with Crippen molar-refractivity contribution in [3.63, 3.8) is 0 Å². The van der Waals surface area contributed by atoms with Gasteiger partial charge in [-0.1, -0.05) is 0 Å². The van der Waals surface area contributed by atoms with E-state index in [9.17, 15) is 5.11 Å². The van der Waals surface area contributed by atoms with Crippen LogP contribution in [0.3, 0.4) is 0 Å². The molecule has 3 rings (SSSR count). The first kappa shape index (κ1) is 14.6. The van der Waals surface area contributed by atoms with Crippen molar-refractivity contribution in [3.8, 4) is 11.8 Å². The van der Waals surface area contributed by atoms with Crippen molar-refractivity contribution in [3.05, 3.63) is 48.3 Å². The van der Waals surface area contributed by atoms with Crippen LogP contribution in [0.5, 0.6) is 5.75 Å². The van der Waals surface area contributed by atoms with Crippen LogP contribution in [0.4, 0.5) is 0 Å². The van der Waals surface area contributed by atoms with Crippen LogP contribution >= 0.6 is 0 Å². The maximum absolute atomic E-state index is 10.0. The number of rotatable bonds is 6. The lowest BCUT2D eigenvalue weighted by Gasteiger charge is -2.40. The highest BCUT2D eigenvalue weighted by Gasteiger charge is 2.29.